The lowest BCUT2D eigenvalue weighted by Gasteiger charge is -2.32. The summed E-state index contributed by atoms with van der Waals surface area (Å²) in [5, 5.41) is 0. The number of hydrogen-bond acceptors (Lipinski definition) is 3. The molecule has 1 aliphatic heterocycles. The lowest BCUT2D eigenvalue weighted by molar-refractivity contribution is 0.0929. The molecule has 1 aromatic carbocycles. The Hall–Kier alpha value is -2.04. The molecule has 0 saturated carbocycles. The summed E-state index contributed by atoms with van der Waals surface area (Å²) in [5.74, 6) is 1.05. The highest BCUT2D eigenvalue weighted by Gasteiger charge is 2.26. The summed E-state index contributed by atoms with van der Waals surface area (Å²) in [5.41, 5.74) is 2.23. The number of benzene rings is 1. The fourth-order valence-electron chi connectivity index (χ4n) is 3.15. The molecule has 0 radical (unpaired) electrons. The Kier molecular flexibility index (Phi) is 3.82. The lowest BCUT2D eigenvalue weighted by atomic mass is 10.0. The zero-order chi connectivity index (χ0) is 14.8. The molecule has 2 heterocycles. The number of fused-ring (bicyclic) bond motifs is 1. The second-order valence-electron chi connectivity index (χ2n) is 5.43. The van der Waals surface area contributed by atoms with E-state index in [0.29, 0.717) is 12.6 Å². The molecule has 0 spiro atoms. The largest absolute Gasteiger partial charge is 0.450 e. The Morgan fingerprint density at radius 3 is 2.76 bits per heavy atom. The van der Waals surface area contributed by atoms with Crippen LogP contribution in [-0.4, -0.2) is 40.2 Å². The van der Waals surface area contributed by atoms with Gasteiger partial charge in [-0.1, -0.05) is 12.1 Å². The molecular weight excluding hydrogens is 266 g/mol. The number of imidazole rings is 1. The van der Waals surface area contributed by atoms with Crippen LogP contribution in [0.4, 0.5) is 4.79 Å². The number of piperidine rings is 1. The minimum Gasteiger partial charge on any atom is -0.450 e. The summed E-state index contributed by atoms with van der Waals surface area (Å²) < 4.78 is 7.39. The van der Waals surface area contributed by atoms with Gasteiger partial charge in [0.15, 0.2) is 0 Å². The number of rotatable bonds is 2. The number of carbonyl (C=O) groups is 1. The maximum atomic E-state index is 11.8. The highest BCUT2D eigenvalue weighted by Crippen LogP contribution is 2.28. The predicted octanol–water partition coefficient (Wildman–Crippen LogP) is 3.14. The normalized spacial score (nSPS) is 16.4. The van der Waals surface area contributed by atoms with Gasteiger partial charge in [0.05, 0.1) is 17.6 Å². The summed E-state index contributed by atoms with van der Waals surface area (Å²) in [6.07, 6.45) is 1.70. The van der Waals surface area contributed by atoms with Gasteiger partial charge in [0, 0.05) is 19.1 Å². The first-order valence-corrected chi connectivity index (χ1v) is 7.56. The monoisotopic (exact) mass is 287 g/mol. The van der Waals surface area contributed by atoms with E-state index in [1.165, 1.54) is 5.52 Å². The van der Waals surface area contributed by atoms with Gasteiger partial charge < -0.3 is 14.2 Å². The minimum absolute atomic E-state index is 0.192. The summed E-state index contributed by atoms with van der Waals surface area (Å²) in [6, 6.07) is 8.64. The smallest absolute Gasteiger partial charge is 0.409 e. The van der Waals surface area contributed by atoms with Gasteiger partial charge in [0.2, 0.25) is 0 Å². The first kappa shape index (κ1) is 13.9. The molecule has 112 valence electrons. The van der Waals surface area contributed by atoms with Crippen molar-refractivity contribution in [3.8, 4) is 0 Å². The second-order valence-corrected chi connectivity index (χ2v) is 5.43. The molecule has 0 aliphatic carbocycles. The van der Waals surface area contributed by atoms with Crippen molar-refractivity contribution in [3.63, 3.8) is 0 Å². The van der Waals surface area contributed by atoms with Crippen molar-refractivity contribution in [1.82, 2.24) is 14.5 Å². The van der Waals surface area contributed by atoms with E-state index in [4.69, 9.17) is 4.74 Å². The Bertz CT molecular complexity index is 642. The van der Waals surface area contributed by atoms with Crippen molar-refractivity contribution in [1.29, 1.82) is 0 Å². The number of nitrogens with zero attached hydrogens (tertiary/aromatic N) is 3. The molecule has 3 rings (SSSR count). The molecule has 1 aromatic heterocycles. The molecular formula is C16H21N3O2. The number of hydrogen-bond donors (Lipinski definition) is 0. The number of aromatic nitrogens is 2. The van der Waals surface area contributed by atoms with Gasteiger partial charge in [-0.2, -0.15) is 0 Å². The summed E-state index contributed by atoms with van der Waals surface area (Å²) >= 11 is 0. The van der Waals surface area contributed by atoms with E-state index in [0.717, 1.165) is 37.3 Å². The SMILES string of the molecule is CCOC(=O)N1CCC(n2c(C)nc3ccccc32)CC1. The first-order chi connectivity index (χ1) is 10.2. The number of ether oxygens (including phenoxy) is 1. The van der Waals surface area contributed by atoms with Crippen LogP contribution in [0, 0.1) is 6.92 Å². The van der Waals surface area contributed by atoms with E-state index in [1.54, 1.807) is 4.90 Å². The Morgan fingerprint density at radius 2 is 2.05 bits per heavy atom. The lowest BCUT2D eigenvalue weighted by Crippen LogP contribution is -2.39. The van der Waals surface area contributed by atoms with Gasteiger partial charge >= 0.3 is 6.09 Å². The maximum absolute atomic E-state index is 11.8. The molecule has 1 saturated heterocycles. The van der Waals surface area contributed by atoms with Gasteiger partial charge in [0.25, 0.3) is 0 Å². The molecule has 0 bridgehead atoms. The zero-order valence-corrected chi connectivity index (χ0v) is 12.6. The van der Waals surface area contributed by atoms with Crippen molar-refractivity contribution < 1.29 is 9.53 Å². The maximum Gasteiger partial charge on any atom is 0.409 e. The van der Waals surface area contributed by atoms with Crippen LogP contribution in [0.3, 0.4) is 0 Å². The third-order valence-electron chi connectivity index (χ3n) is 4.13. The molecule has 5 heteroatoms. The molecule has 0 unspecified atom stereocenters. The van der Waals surface area contributed by atoms with Crippen LogP contribution in [0.25, 0.3) is 11.0 Å². The molecule has 2 aromatic rings. The highest BCUT2D eigenvalue weighted by molar-refractivity contribution is 5.76. The van der Waals surface area contributed by atoms with Crippen LogP contribution in [0.15, 0.2) is 24.3 Å². The van der Waals surface area contributed by atoms with Crippen LogP contribution < -0.4 is 0 Å². The fraction of sp³-hybridized carbons (Fsp3) is 0.500. The molecule has 21 heavy (non-hydrogen) atoms. The number of para-hydroxylation sites is 2. The number of amides is 1. The third-order valence-corrected chi connectivity index (χ3v) is 4.13. The predicted molar refractivity (Wildman–Crippen MR) is 81.3 cm³/mol. The topological polar surface area (TPSA) is 47.4 Å². The number of likely N-dealkylation sites (tertiary alicyclic amines) is 1. The van der Waals surface area contributed by atoms with Crippen LogP contribution in [0.5, 0.6) is 0 Å². The molecule has 0 atom stereocenters. The van der Waals surface area contributed by atoms with E-state index >= 15 is 0 Å². The quantitative estimate of drug-likeness (QED) is 0.852. The average Bonchev–Trinajstić information content (AvgIpc) is 2.83. The summed E-state index contributed by atoms with van der Waals surface area (Å²) in [7, 11) is 0. The fourth-order valence-corrected chi connectivity index (χ4v) is 3.15. The van der Waals surface area contributed by atoms with E-state index in [9.17, 15) is 4.79 Å². The Labute approximate surface area is 124 Å². The van der Waals surface area contributed by atoms with E-state index in [1.807, 2.05) is 25.1 Å². The number of aryl methyl sites for hydroxylation is 1. The van der Waals surface area contributed by atoms with Crippen molar-refractivity contribution in [3.05, 3.63) is 30.1 Å². The van der Waals surface area contributed by atoms with Crippen LogP contribution in [0.1, 0.15) is 31.6 Å². The van der Waals surface area contributed by atoms with Crippen molar-refractivity contribution in [2.45, 2.75) is 32.7 Å². The molecule has 5 nitrogen and oxygen atoms in total. The third kappa shape index (κ3) is 2.60. The van der Waals surface area contributed by atoms with Gasteiger partial charge in [-0.25, -0.2) is 9.78 Å². The number of carbonyl (C=O) groups excluding carboxylic acids is 1. The van der Waals surface area contributed by atoms with Gasteiger partial charge in [0.1, 0.15) is 5.82 Å². The minimum atomic E-state index is -0.192. The average molecular weight is 287 g/mol. The van der Waals surface area contributed by atoms with Gasteiger partial charge in [-0.05, 0) is 38.8 Å². The van der Waals surface area contributed by atoms with E-state index in [-0.39, 0.29) is 6.09 Å². The molecule has 0 N–H and O–H groups in total. The van der Waals surface area contributed by atoms with E-state index in [2.05, 4.69) is 22.5 Å². The standard InChI is InChI=1S/C16H21N3O2/c1-3-21-16(20)18-10-8-13(9-11-18)19-12(2)17-14-6-4-5-7-15(14)19/h4-7,13H,3,8-11H2,1-2H3. The highest BCUT2D eigenvalue weighted by atomic mass is 16.6. The van der Waals surface area contributed by atoms with Crippen LogP contribution in [-0.2, 0) is 4.74 Å². The molecule has 1 aliphatic rings. The van der Waals surface area contributed by atoms with Crippen LogP contribution in [0.2, 0.25) is 0 Å². The summed E-state index contributed by atoms with van der Waals surface area (Å²) in [6.45, 7) is 5.82. The van der Waals surface area contributed by atoms with Gasteiger partial charge in [-0.3, -0.25) is 0 Å². The molecule has 1 fully saturated rings. The van der Waals surface area contributed by atoms with Gasteiger partial charge in [-0.15, -0.1) is 0 Å². The van der Waals surface area contributed by atoms with Crippen molar-refractivity contribution in [2.75, 3.05) is 19.7 Å². The Balaban J connectivity index is 1.77. The summed E-state index contributed by atoms with van der Waals surface area (Å²) in [4.78, 5) is 18.2. The van der Waals surface area contributed by atoms with Crippen molar-refractivity contribution in [2.24, 2.45) is 0 Å². The van der Waals surface area contributed by atoms with E-state index < -0.39 is 0 Å². The van der Waals surface area contributed by atoms with Crippen molar-refractivity contribution >= 4 is 17.1 Å². The zero-order valence-electron chi connectivity index (χ0n) is 12.6. The second kappa shape index (κ2) is 5.76. The molecule has 1 amide bonds. The van der Waals surface area contributed by atoms with Crippen LogP contribution >= 0.6 is 0 Å². The Morgan fingerprint density at radius 1 is 1.33 bits per heavy atom. The first-order valence-electron chi connectivity index (χ1n) is 7.56.